The van der Waals surface area contributed by atoms with Gasteiger partial charge in [0, 0.05) is 52.8 Å². The maximum atomic E-state index is 12.7. The first kappa shape index (κ1) is 21.0. The van der Waals surface area contributed by atoms with Gasteiger partial charge in [-0.2, -0.15) is 5.10 Å². The molecule has 4 rings (SSSR count). The van der Waals surface area contributed by atoms with E-state index in [1.807, 2.05) is 29.2 Å². The van der Waals surface area contributed by atoms with E-state index in [1.165, 1.54) is 0 Å². The first-order valence-electron chi connectivity index (χ1n) is 9.69. The third-order valence-corrected chi connectivity index (χ3v) is 5.84. The predicted octanol–water partition coefficient (Wildman–Crippen LogP) is 5.78. The minimum absolute atomic E-state index is 0.102. The predicted molar refractivity (Wildman–Crippen MR) is 119 cm³/mol. The minimum Gasteiger partial charge on any atom is -0.492 e. The summed E-state index contributed by atoms with van der Waals surface area (Å²) in [5.74, 6) is 0.672. The minimum atomic E-state index is 0.102. The molecule has 1 aliphatic heterocycles. The Labute approximate surface area is 189 Å². The molecule has 0 unspecified atom stereocenters. The van der Waals surface area contributed by atoms with Gasteiger partial charge in [-0.15, -0.1) is 0 Å². The number of rotatable bonds is 6. The zero-order chi connectivity index (χ0) is 21.1. The second kappa shape index (κ2) is 9.29. The quantitative estimate of drug-likeness (QED) is 0.470. The van der Waals surface area contributed by atoms with Gasteiger partial charge in [-0.3, -0.25) is 9.89 Å². The maximum Gasteiger partial charge on any atom is 0.223 e. The molecule has 156 valence electrons. The van der Waals surface area contributed by atoms with Crippen molar-refractivity contribution < 1.29 is 9.53 Å². The number of ether oxygens (including phenoxy) is 1. The van der Waals surface area contributed by atoms with Gasteiger partial charge < -0.3 is 9.64 Å². The van der Waals surface area contributed by atoms with Crippen molar-refractivity contribution in [3.8, 4) is 17.0 Å². The van der Waals surface area contributed by atoms with Crippen LogP contribution in [0.2, 0.25) is 15.1 Å². The number of aromatic nitrogens is 2. The zero-order valence-corrected chi connectivity index (χ0v) is 18.4. The van der Waals surface area contributed by atoms with Gasteiger partial charge in [0.25, 0.3) is 0 Å². The highest BCUT2D eigenvalue weighted by Crippen LogP contribution is 2.30. The van der Waals surface area contributed by atoms with E-state index in [-0.39, 0.29) is 5.91 Å². The molecule has 0 radical (unpaired) electrons. The van der Waals surface area contributed by atoms with E-state index in [0.29, 0.717) is 53.4 Å². The van der Waals surface area contributed by atoms with E-state index < -0.39 is 0 Å². The first-order valence-corrected chi connectivity index (χ1v) is 10.8. The molecule has 0 atom stereocenters. The van der Waals surface area contributed by atoms with E-state index in [4.69, 9.17) is 39.5 Å². The normalized spacial score (nSPS) is 13.2. The largest absolute Gasteiger partial charge is 0.492 e. The molecule has 0 fully saturated rings. The van der Waals surface area contributed by atoms with Crippen LogP contribution in [0.25, 0.3) is 11.3 Å². The fourth-order valence-corrected chi connectivity index (χ4v) is 4.19. The van der Waals surface area contributed by atoms with Gasteiger partial charge in [-0.1, -0.05) is 46.9 Å². The van der Waals surface area contributed by atoms with Crippen molar-refractivity contribution >= 4 is 40.7 Å². The van der Waals surface area contributed by atoms with E-state index >= 15 is 0 Å². The van der Waals surface area contributed by atoms with Gasteiger partial charge in [0.05, 0.1) is 17.3 Å². The number of H-pyrrole nitrogens is 1. The molecule has 30 heavy (non-hydrogen) atoms. The fourth-order valence-electron chi connectivity index (χ4n) is 3.54. The summed E-state index contributed by atoms with van der Waals surface area (Å²) in [5.41, 5.74) is 3.93. The maximum absolute atomic E-state index is 12.7. The standard InChI is InChI=1S/C22H20Cl3N3O2/c23-15-4-1-3-14(11-15)22-17-13-28(9-8-19(17)26-27-22)21(29)5-2-10-30-20-7-6-16(24)12-18(20)25/h1,3-4,6-7,11-12H,2,5,8-10,13H2,(H,26,27). The number of nitrogens with one attached hydrogen (secondary N) is 1. The van der Waals surface area contributed by atoms with Crippen LogP contribution in [0.4, 0.5) is 0 Å². The molecule has 1 aliphatic rings. The summed E-state index contributed by atoms with van der Waals surface area (Å²) in [6, 6.07) is 12.7. The molecular weight excluding hydrogens is 445 g/mol. The number of benzene rings is 2. The molecule has 0 aliphatic carbocycles. The monoisotopic (exact) mass is 463 g/mol. The third kappa shape index (κ3) is 4.75. The topological polar surface area (TPSA) is 58.2 Å². The SMILES string of the molecule is O=C(CCCOc1ccc(Cl)cc1Cl)N1CCc2[nH]nc(-c3cccc(Cl)c3)c2C1. The highest BCUT2D eigenvalue weighted by molar-refractivity contribution is 6.35. The number of hydrogen-bond acceptors (Lipinski definition) is 3. The number of carbonyl (C=O) groups is 1. The smallest absolute Gasteiger partial charge is 0.223 e. The van der Waals surface area contributed by atoms with E-state index in [9.17, 15) is 4.79 Å². The van der Waals surface area contributed by atoms with Crippen LogP contribution in [0, 0.1) is 0 Å². The Hall–Kier alpha value is -2.21. The van der Waals surface area contributed by atoms with Crippen molar-refractivity contribution in [3.05, 3.63) is 68.8 Å². The molecule has 2 aromatic carbocycles. The van der Waals surface area contributed by atoms with Crippen LogP contribution in [0.3, 0.4) is 0 Å². The molecule has 3 aromatic rings. The summed E-state index contributed by atoms with van der Waals surface area (Å²) in [4.78, 5) is 14.6. The second-order valence-electron chi connectivity index (χ2n) is 7.13. The van der Waals surface area contributed by atoms with Crippen LogP contribution in [0.15, 0.2) is 42.5 Å². The molecule has 8 heteroatoms. The van der Waals surface area contributed by atoms with Crippen molar-refractivity contribution in [2.45, 2.75) is 25.8 Å². The number of nitrogens with zero attached hydrogens (tertiary/aromatic N) is 2. The number of fused-ring (bicyclic) bond motifs is 1. The third-order valence-electron chi connectivity index (χ3n) is 5.07. The fraction of sp³-hybridized carbons (Fsp3) is 0.273. The number of carbonyl (C=O) groups excluding carboxylic acids is 1. The molecule has 1 aromatic heterocycles. The van der Waals surface area contributed by atoms with E-state index in [0.717, 1.165) is 28.9 Å². The van der Waals surface area contributed by atoms with Crippen molar-refractivity contribution in [3.63, 3.8) is 0 Å². The lowest BCUT2D eigenvalue weighted by molar-refractivity contribution is -0.132. The average Bonchev–Trinajstić information content (AvgIpc) is 3.15. The Morgan fingerprint density at radius 2 is 1.97 bits per heavy atom. The van der Waals surface area contributed by atoms with Gasteiger partial charge in [0.2, 0.25) is 5.91 Å². The van der Waals surface area contributed by atoms with Crippen LogP contribution in [0.1, 0.15) is 24.1 Å². The van der Waals surface area contributed by atoms with Gasteiger partial charge in [-0.25, -0.2) is 0 Å². The van der Waals surface area contributed by atoms with Crippen LogP contribution < -0.4 is 4.74 Å². The molecule has 1 N–H and O–H groups in total. The summed E-state index contributed by atoms with van der Waals surface area (Å²) < 4.78 is 5.67. The van der Waals surface area contributed by atoms with Gasteiger partial charge in [0.1, 0.15) is 5.75 Å². The number of halogens is 3. The Morgan fingerprint density at radius 3 is 2.77 bits per heavy atom. The van der Waals surface area contributed by atoms with Gasteiger partial charge in [-0.05, 0) is 36.8 Å². The Balaban J connectivity index is 1.34. The van der Waals surface area contributed by atoms with Crippen molar-refractivity contribution in [1.29, 1.82) is 0 Å². The molecule has 5 nitrogen and oxygen atoms in total. The molecular formula is C22H20Cl3N3O2. The molecule has 0 saturated carbocycles. The van der Waals surface area contributed by atoms with Crippen LogP contribution >= 0.6 is 34.8 Å². The molecule has 1 amide bonds. The summed E-state index contributed by atoms with van der Waals surface area (Å²) in [6.45, 7) is 1.62. The van der Waals surface area contributed by atoms with Crippen molar-refractivity contribution in [2.24, 2.45) is 0 Å². The van der Waals surface area contributed by atoms with E-state index in [2.05, 4.69) is 10.2 Å². The van der Waals surface area contributed by atoms with Crippen LogP contribution in [0.5, 0.6) is 5.75 Å². The number of amides is 1. The summed E-state index contributed by atoms with van der Waals surface area (Å²) >= 11 is 18.1. The summed E-state index contributed by atoms with van der Waals surface area (Å²) in [5, 5.41) is 9.26. The lowest BCUT2D eigenvalue weighted by atomic mass is 10.0. The Bertz CT molecular complexity index is 1070. The van der Waals surface area contributed by atoms with Crippen LogP contribution in [-0.4, -0.2) is 34.2 Å². The highest BCUT2D eigenvalue weighted by atomic mass is 35.5. The van der Waals surface area contributed by atoms with Crippen LogP contribution in [-0.2, 0) is 17.8 Å². The zero-order valence-electron chi connectivity index (χ0n) is 16.1. The van der Waals surface area contributed by atoms with E-state index in [1.54, 1.807) is 18.2 Å². The number of hydrogen-bond donors (Lipinski definition) is 1. The second-order valence-corrected chi connectivity index (χ2v) is 8.41. The summed E-state index contributed by atoms with van der Waals surface area (Å²) in [7, 11) is 0. The molecule has 0 saturated heterocycles. The lowest BCUT2D eigenvalue weighted by Gasteiger charge is -2.27. The highest BCUT2D eigenvalue weighted by Gasteiger charge is 2.25. The number of aromatic amines is 1. The van der Waals surface area contributed by atoms with Gasteiger partial charge >= 0.3 is 0 Å². The molecule has 2 heterocycles. The first-order chi connectivity index (χ1) is 14.5. The lowest BCUT2D eigenvalue weighted by Crippen LogP contribution is -2.36. The summed E-state index contributed by atoms with van der Waals surface area (Å²) in [6.07, 6.45) is 1.77. The van der Waals surface area contributed by atoms with Gasteiger partial charge in [0.15, 0.2) is 0 Å². The average molecular weight is 465 g/mol. The van der Waals surface area contributed by atoms with Crippen molar-refractivity contribution in [2.75, 3.05) is 13.2 Å². The Kier molecular flexibility index (Phi) is 6.52. The molecule has 0 spiro atoms. The molecule has 0 bridgehead atoms. The Morgan fingerprint density at radius 1 is 1.13 bits per heavy atom. The van der Waals surface area contributed by atoms with Crippen molar-refractivity contribution in [1.82, 2.24) is 15.1 Å².